The van der Waals surface area contributed by atoms with E-state index in [1.54, 1.807) is 13.8 Å². The van der Waals surface area contributed by atoms with Crippen molar-refractivity contribution < 1.29 is 27.5 Å². The number of Topliss-reactive ketones (excluding diaryl/α,β-unsaturated/α-hetero) is 1. The maximum absolute atomic E-state index is 12.4. The second-order valence-corrected chi connectivity index (χ2v) is 4.91. The Hall–Kier alpha value is -3.14. The van der Waals surface area contributed by atoms with Gasteiger partial charge in [0.25, 0.3) is 0 Å². The van der Waals surface area contributed by atoms with E-state index in [1.807, 2.05) is 6.07 Å². The number of benzene rings is 1. The van der Waals surface area contributed by atoms with Gasteiger partial charge in [-0.15, -0.1) is 0 Å². The number of ether oxygens (including phenoxy) is 2. The number of hydrogen-bond donors (Lipinski definition) is 0. The van der Waals surface area contributed by atoms with Gasteiger partial charge in [-0.3, -0.25) is 4.79 Å². The molecular weight excluding hydrogens is 332 g/mol. The zero-order valence-corrected chi connectivity index (χ0v) is 13.6. The molecule has 0 spiro atoms. The minimum absolute atomic E-state index is 0.0979. The van der Waals surface area contributed by atoms with Crippen molar-refractivity contribution in [2.45, 2.75) is 20.5 Å². The molecule has 0 radical (unpaired) electrons. The number of alkyl halides is 2. The van der Waals surface area contributed by atoms with Gasteiger partial charge in [0.2, 0.25) is 5.78 Å². The van der Waals surface area contributed by atoms with E-state index < -0.39 is 12.4 Å². The molecule has 5 nitrogen and oxygen atoms in total. The standard InChI is InChI=1S/C18H15F2NO4/c1-3-23-16-9-12(4-5-15(16)25-18(19)20)8-13(10-21)17(22)14-6-7-24-11(14)2/h4-9,18H,3H2,1-2H3/b13-8+. The summed E-state index contributed by atoms with van der Waals surface area (Å²) in [5, 5.41) is 9.27. The van der Waals surface area contributed by atoms with Crippen LogP contribution in [-0.4, -0.2) is 19.0 Å². The fourth-order valence-electron chi connectivity index (χ4n) is 2.16. The molecular formula is C18H15F2NO4. The van der Waals surface area contributed by atoms with Gasteiger partial charge in [-0.25, -0.2) is 0 Å². The normalized spacial score (nSPS) is 11.3. The molecule has 130 valence electrons. The predicted octanol–water partition coefficient (Wildman–Crippen LogP) is 4.38. The minimum Gasteiger partial charge on any atom is -0.490 e. The van der Waals surface area contributed by atoms with Crippen LogP contribution in [0.25, 0.3) is 6.08 Å². The summed E-state index contributed by atoms with van der Waals surface area (Å²) in [4.78, 5) is 12.4. The van der Waals surface area contributed by atoms with Gasteiger partial charge in [0, 0.05) is 0 Å². The Balaban J connectivity index is 2.37. The summed E-state index contributed by atoms with van der Waals surface area (Å²) in [7, 11) is 0. The molecule has 0 aliphatic carbocycles. The first-order chi connectivity index (χ1) is 12.0. The highest BCUT2D eigenvalue weighted by molar-refractivity contribution is 6.14. The van der Waals surface area contributed by atoms with Gasteiger partial charge < -0.3 is 13.9 Å². The van der Waals surface area contributed by atoms with Crippen molar-refractivity contribution in [3.05, 3.63) is 53.0 Å². The SMILES string of the molecule is CCOc1cc(/C=C(\C#N)C(=O)c2ccoc2C)ccc1OC(F)F. The molecule has 0 amide bonds. The second kappa shape index (κ2) is 8.11. The quantitative estimate of drug-likeness (QED) is 0.422. The molecule has 0 N–H and O–H groups in total. The molecule has 25 heavy (non-hydrogen) atoms. The van der Waals surface area contributed by atoms with Crippen molar-refractivity contribution in [2.24, 2.45) is 0 Å². The highest BCUT2D eigenvalue weighted by Crippen LogP contribution is 2.31. The number of carbonyl (C=O) groups excluding carboxylic acids is 1. The third-order valence-corrected chi connectivity index (χ3v) is 3.26. The summed E-state index contributed by atoms with van der Waals surface area (Å²) in [6, 6.07) is 7.50. The fourth-order valence-corrected chi connectivity index (χ4v) is 2.16. The lowest BCUT2D eigenvalue weighted by atomic mass is 10.0. The van der Waals surface area contributed by atoms with Crippen LogP contribution in [0, 0.1) is 18.3 Å². The van der Waals surface area contributed by atoms with Crippen LogP contribution in [0.1, 0.15) is 28.6 Å². The van der Waals surface area contributed by atoms with Crippen molar-refractivity contribution in [1.29, 1.82) is 5.26 Å². The average molecular weight is 347 g/mol. The van der Waals surface area contributed by atoms with Crippen LogP contribution < -0.4 is 9.47 Å². The molecule has 2 rings (SSSR count). The highest BCUT2D eigenvalue weighted by atomic mass is 19.3. The molecule has 0 bridgehead atoms. The van der Waals surface area contributed by atoms with E-state index in [0.29, 0.717) is 11.3 Å². The Kier molecular flexibility index (Phi) is 5.90. The van der Waals surface area contributed by atoms with Crippen molar-refractivity contribution >= 4 is 11.9 Å². The summed E-state index contributed by atoms with van der Waals surface area (Å²) in [6.45, 7) is 0.568. The van der Waals surface area contributed by atoms with Gasteiger partial charge >= 0.3 is 6.61 Å². The Bertz CT molecular complexity index is 834. The lowest BCUT2D eigenvalue weighted by molar-refractivity contribution is -0.0514. The Morgan fingerprint density at radius 1 is 1.36 bits per heavy atom. The largest absolute Gasteiger partial charge is 0.490 e. The molecule has 0 saturated heterocycles. The number of furan rings is 1. The first-order valence-electron chi connectivity index (χ1n) is 7.38. The van der Waals surface area contributed by atoms with E-state index in [-0.39, 0.29) is 29.2 Å². The summed E-state index contributed by atoms with van der Waals surface area (Å²) in [6.07, 6.45) is 2.71. The third-order valence-electron chi connectivity index (χ3n) is 3.26. The molecule has 0 atom stereocenters. The lowest BCUT2D eigenvalue weighted by Crippen LogP contribution is -2.05. The van der Waals surface area contributed by atoms with E-state index in [4.69, 9.17) is 9.15 Å². The number of halogens is 2. The molecule has 1 aromatic heterocycles. The van der Waals surface area contributed by atoms with Crippen LogP contribution in [0.2, 0.25) is 0 Å². The number of nitriles is 1. The first-order valence-corrected chi connectivity index (χ1v) is 7.38. The number of aryl methyl sites for hydroxylation is 1. The van der Waals surface area contributed by atoms with Crippen LogP contribution in [0.4, 0.5) is 8.78 Å². The number of hydrogen-bond acceptors (Lipinski definition) is 5. The minimum atomic E-state index is -2.99. The van der Waals surface area contributed by atoms with Crippen molar-refractivity contribution in [2.75, 3.05) is 6.61 Å². The van der Waals surface area contributed by atoms with Gasteiger partial charge in [0.15, 0.2) is 11.5 Å². The zero-order chi connectivity index (χ0) is 18.4. The molecule has 2 aromatic rings. The Morgan fingerprint density at radius 3 is 2.68 bits per heavy atom. The van der Waals surface area contributed by atoms with Crippen molar-refractivity contribution in [1.82, 2.24) is 0 Å². The molecule has 1 heterocycles. The highest BCUT2D eigenvalue weighted by Gasteiger charge is 2.17. The Morgan fingerprint density at radius 2 is 2.12 bits per heavy atom. The maximum atomic E-state index is 12.4. The van der Waals surface area contributed by atoms with E-state index >= 15 is 0 Å². The molecule has 0 unspecified atom stereocenters. The van der Waals surface area contributed by atoms with E-state index in [2.05, 4.69) is 4.74 Å². The summed E-state index contributed by atoms with van der Waals surface area (Å²) in [5.41, 5.74) is 0.612. The number of carbonyl (C=O) groups is 1. The number of rotatable bonds is 7. The van der Waals surface area contributed by atoms with Gasteiger partial charge in [-0.05, 0) is 43.7 Å². The summed E-state index contributed by atoms with van der Waals surface area (Å²) in [5.74, 6) is -0.105. The lowest BCUT2D eigenvalue weighted by Gasteiger charge is -2.11. The molecule has 0 aliphatic heterocycles. The monoisotopic (exact) mass is 347 g/mol. The smallest absolute Gasteiger partial charge is 0.387 e. The van der Waals surface area contributed by atoms with Crippen LogP contribution in [0.5, 0.6) is 11.5 Å². The molecule has 7 heteroatoms. The van der Waals surface area contributed by atoms with Crippen molar-refractivity contribution in [3.63, 3.8) is 0 Å². The van der Waals surface area contributed by atoms with E-state index in [9.17, 15) is 18.8 Å². The van der Waals surface area contributed by atoms with Crippen LogP contribution in [-0.2, 0) is 0 Å². The molecule has 0 saturated carbocycles. The third kappa shape index (κ3) is 4.44. The number of ketones is 1. The zero-order valence-electron chi connectivity index (χ0n) is 13.6. The van der Waals surface area contributed by atoms with E-state index in [1.165, 1.54) is 36.6 Å². The Labute approximate surface area is 143 Å². The van der Waals surface area contributed by atoms with Gasteiger partial charge in [0.05, 0.1) is 18.4 Å². The first kappa shape index (κ1) is 18.2. The molecule has 1 aromatic carbocycles. The van der Waals surface area contributed by atoms with Crippen LogP contribution >= 0.6 is 0 Å². The second-order valence-electron chi connectivity index (χ2n) is 4.91. The molecule has 0 aliphatic rings. The van der Waals surface area contributed by atoms with Crippen LogP contribution in [0.15, 0.2) is 40.5 Å². The van der Waals surface area contributed by atoms with Crippen LogP contribution in [0.3, 0.4) is 0 Å². The topological polar surface area (TPSA) is 72.5 Å². The van der Waals surface area contributed by atoms with Gasteiger partial charge in [0.1, 0.15) is 17.4 Å². The summed E-state index contributed by atoms with van der Waals surface area (Å²) < 4.78 is 39.6. The molecule has 0 fully saturated rings. The predicted molar refractivity (Wildman–Crippen MR) is 85.6 cm³/mol. The van der Waals surface area contributed by atoms with Gasteiger partial charge in [-0.1, -0.05) is 6.07 Å². The van der Waals surface area contributed by atoms with Crippen molar-refractivity contribution in [3.8, 4) is 17.6 Å². The number of nitrogens with zero attached hydrogens (tertiary/aromatic N) is 1. The number of allylic oxidation sites excluding steroid dienone is 1. The fraction of sp³-hybridized carbons (Fsp3) is 0.222. The average Bonchev–Trinajstić information content (AvgIpc) is 3.00. The maximum Gasteiger partial charge on any atom is 0.387 e. The summed E-state index contributed by atoms with van der Waals surface area (Å²) >= 11 is 0. The van der Waals surface area contributed by atoms with Gasteiger partial charge in [-0.2, -0.15) is 14.0 Å². The van der Waals surface area contributed by atoms with E-state index in [0.717, 1.165) is 0 Å².